The third-order valence-corrected chi connectivity index (χ3v) is 7.45. The molecule has 5 rings (SSSR count). The zero-order valence-electron chi connectivity index (χ0n) is 23.2. The number of halogens is 1. The summed E-state index contributed by atoms with van der Waals surface area (Å²) < 4.78 is 5.21. The second-order valence-electron chi connectivity index (χ2n) is 10.7. The summed E-state index contributed by atoms with van der Waals surface area (Å²) in [5, 5.41) is 16.4. The number of phenols is 1. The van der Waals surface area contributed by atoms with Gasteiger partial charge in [-0.25, -0.2) is 0 Å². The highest BCUT2D eigenvalue weighted by Gasteiger charge is 2.29. The molecule has 2 aliphatic heterocycles. The van der Waals surface area contributed by atoms with Gasteiger partial charge in [-0.15, -0.1) is 0 Å². The number of aromatic nitrogens is 3. The van der Waals surface area contributed by atoms with Crippen LogP contribution >= 0.6 is 11.6 Å². The van der Waals surface area contributed by atoms with E-state index in [-0.39, 0.29) is 52.2 Å². The van der Waals surface area contributed by atoms with Gasteiger partial charge in [0.1, 0.15) is 17.1 Å². The number of hydrogen-bond acceptors (Lipinski definition) is 13. The minimum Gasteiger partial charge on any atom is -0.507 e. The first-order valence-electron chi connectivity index (χ1n) is 13.6. The molecule has 0 aliphatic carbocycles. The van der Waals surface area contributed by atoms with Crippen molar-refractivity contribution in [1.29, 1.82) is 0 Å². The van der Waals surface area contributed by atoms with E-state index < -0.39 is 5.91 Å². The summed E-state index contributed by atoms with van der Waals surface area (Å²) in [4.78, 5) is 30.9. The molecule has 4 atom stereocenters. The number of hydrogen-bond donors (Lipinski definition) is 7. The van der Waals surface area contributed by atoms with E-state index in [0.717, 1.165) is 0 Å². The predicted octanol–water partition coefficient (Wildman–Crippen LogP) is 0.965. The Morgan fingerprint density at radius 1 is 0.929 bits per heavy atom. The molecule has 2 fully saturated rings. The third kappa shape index (κ3) is 6.74. The number of nitrogens with two attached hydrogens (primary N) is 4. The number of aromatic hydroxyl groups is 1. The van der Waals surface area contributed by atoms with Gasteiger partial charge >= 0.3 is 0 Å². The van der Waals surface area contributed by atoms with E-state index in [2.05, 4.69) is 20.6 Å². The van der Waals surface area contributed by atoms with Gasteiger partial charge in [0, 0.05) is 56.0 Å². The largest absolute Gasteiger partial charge is 0.507 e. The lowest BCUT2D eigenvalue weighted by Crippen LogP contribution is -2.54. The molecule has 3 heterocycles. The number of anilines is 5. The second kappa shape index (κ2) is 12.5. The highest BCUT2D eigenvalue weighted by atomic mass is 35.5. The molecule has 0 radical (unpaired) electrons. The minimum atomic E-state index is -0.574. The van der Waals surface area contributed by atoms with Crippen molar-refractivity contribution in [2.24, 2.45) is 22.9 Å². The molecule has 1 aromatic heterocycles. The Balaban J connectivity index is 1.40. The number of carbonyl (C=O) groups excluding carboxylic acids is 1. The first-order valence-corrected chi connectivity index (χ1v) is 14.0. The molecule has 1 amide bonds. The number of benzene rings is 2. The Morgan fingerprint density at radius 2 is 1.50 bits per heavy atom. The maximum absolute atomic E-state index is 12.9. The fourth-order valence-electron chi connectivity index (χ4n) is 5.30. The first-order chi connectivity index (χ1) is 20.1. The Morgan fingerprint density at radius 3 is 2.02 bits per heavy atom. The molecule has 42 heavy (non-hydrogen) atoms. The number of nitrogens with zero attached hydrogens (tertiary/aromatic N) is 5. The Kier molecular flexibility index (Phi) is 8.80. The Labute approximate surface area is 248 Å². The number of phenolic OH excluding ortho intramolecular Hbond substituents is 1. The van der Waals surface area contributed by atoms with Crippen LogP contribution in [-0.4, -0.2) is 83.4 Å². The number of ether oxygens (including phenoxy) is 1. The van der Waals surface area contributed by atoms with Crippen LogP contribution in [0.3, 0.4) is 0 Å². The third-order valence-electron chi connectivity index (χ3n) is 7.13. The fourth-order valence-corrected chi connectivity index (χ4v) is 5.53. The summed E-state index contributed by atoms with van der Waals surface area (Å²) in [6.07, 6.45) is 1.43. The molecule has 0 saturated carbocycles. The van der Waals surface area contributed by atoms with Crippen LogP contribution in [0.25, 0.3) is 0 Å². The molecule has 3 aromatic rings. The van der Waals surface area contributed by atoms with Crippen molar-refractivity contribution in [3.05, 3.63) is 47.0 Å². The zero-order chi connectivity index (χ0) is 30.0. The van der Waals surface area contributed by atoms with E-state index in [1.165, 1.54) is 13.2 Å². The summed E-state index contributed by atoms with van der Waals surface area (Å²) in [6, 6.07) is 9.10. The van der Waals surface area contributed by atoms with Crippen LogP contribution in [0.2, 0.25) is 5.02 Å². The number of piperidine rings is 2. The molecule has 0 spiro atoms. The lowest BCUT2D eigenvalue weighted by molar-refractivity contribution is 0.102. The second-order valence-corrected chi connectivity index (χ2v) is 11.1. The first kappa shape index (κ1) is 29.5. The van der Waals surface area contributed by atoms with Gasteiger partial charge in [0.2, 0.25) is 17.8 Å². The van der Waals surface area contributed by atoms with Crippen LogP contribution in [0.15, 0.2) is 36.4 Å². The molecule has 11 N–H and O–H groups in total. The number of methoxy groups -OCH3 is 1. The van der Waals surface area contributed by atoms with Crippen LogP contribution in [0.4, 0.5) is 29.2 Å². The van der Waals surface area contributed by atoms with Crippen molar-refractivity contribution < 1.29 is 14.6 Å². The van der Waals surface area contributed by atoms with Crippen molar-refractivity contribution in [3.8, 4) is 11.5 Å². The highest BCUT2D eigenvalue weighted by molar-refractivity contribution is 6.34. The van der Waals surface area contributed by atoms with E-state index in [4.69, 9.17) is 44.3 Å². The molecular weight excluding hydrogens is 562 g/mol. The maximum Gasteiger partial charge on any atom is 0.263 e. The Bertz CT molecular complexity index is 1380. The van der Waals surface area contributed by atoms with Gasteiger partial charge in [-0.1, -0.05) is 17.7 Å². The number of nitrogens with one attached hydrogen (secondary N) is 2. The number of carbonyl (C=O) groups is 1. The van der Waals surface area contributed by atoms with Crippen LogP contribution < -0.4 is 48.1 Å². The summed E-state index contributed by atoms with van der Waals surface area (Å²) in [5.41, 5.74) is 25.9. The van der Waals surface area contributed by atoms with E-state index in [1.54, 1.807) is 30.3 Å². The van der Waals surface area contributed by atoms with Crippen molar-refractivity contribution in [2.75, 3.05) is 53.7 Å². The van der Waals surface area contributed by atoms with Crippen molar-refractivity contribution >= 4 is 46.7 Å². The van der Waals surface area contributed by atoms with Crippen molar-refractivity contribution in [1.82, 2.24) is 15.0 Å². The lowest BCUT2D eigenvalue weighted by atomic mass is 10.0. The van der Waals surface area contributed by atoms with Crippen molar-refractivity contribution in [2.45, 2.75) is 37.0 Å². The average molecular weight is 598 g/mol. The summed E-state index contributed by atoms with van der Waals surface area (Å²) in [6.45, 7) is 2.21. The predicted molar refractivity (Wildman–Crippen MR) is 163 cm³/mol. The molecule has 15 heteroatoms. The topological polar surface area (TPSA) is 220 Å². The summed E-state index contributed by atoms with van der Waals surface area (Å²) in [7, 11) is 1.42. The van der Waals surface area contributed by atoms with Gasteiger partial charge < -0.3 is 53.2 Å². The van der Waals surface area contributed by atoms with Gasteiger partial charge in [0.25, 0.3) is 5.91 Å². The maximum atomic E-state index is 12.9. The molecule has 2 saturated heterocycles. The molecular formula is C27H36ClN11O3. The summed E-state index contributed by atoms with van der Waals surface area (Å²) in [5.74, 6) is 0.598. The van der Waals surface area contributed by atoms with E-state index in [9.17, 15) is 9.90 Å². The van der Waals surface area contributed by atoms with Crippen LogP contribution in [0.1, 0.15) is 23.2 Å². The fraction of sp³-hybridized carbons (Fsp3) is 0.407. The van der Waals surface area contributed by atoms with Gasteiger partial charge in [-0.05, 0) is 43.2 Å². The smallest absolute Gasteiger partial charge is 0.263 e. The highest BCUT2D eigenvalue weighted by Crippen LogP contribution is 2.32. The van der Waals surface area contributed by atoms with E-state index in [0.29, 0.717) is 62.3 Å². The van der Waals surface area contributed by atoms with Crippen LogP contribution in [0.5, 0.6) is 11.5 Å². The molecule has 14 nitrogen and oxygen atoms in total. The Hall–Kier alpha value is -3.95. The number of amides is 1. The summed E-state index contributed by atoms with van der Waals surface area (Å²) >= 11 is 6.54. The van der Waals surface area contributed by atoms with E-state index >= 15 is 0 Å². The zero-order valence-corrected chi connectivity index (χ0v) is 24.0. The molecule has 2 aliphatic rings. The lowest BCUT2D eigenvalue weighted by Gasteiger charge is -2.37. The van der Waals surface area contributed by atoms with E-state index in [1.807, 2.05) is 9.80 Å². The SMILES string of the molecule is COc1cccc(O)c1C(=O)Nc1ccc(Nc2nc(N3C[C@H](N)C[C@H](N)C3)nc(N3C[C@H](N)C[C@H](N)C3)n2)cc1Cl. The van der Waals surface area contributed by atoms with Gasteiger partial charge in [-0.2, -0.15) is 15.0 Å². The van der Waals surface area contributed by atoms with Crippen molar-refractivity contribution in [3.63, 3.8) is 0 Å². The molecule has 224 valence electrons. The van der Waals surface area contributed by atoms with Crippen LogP contribution in [-0.2, 0) is 0 Å². The van der Waals surface area contributed by atoms with Gasteiger partial charge in [-0.3, -0.25) is 4.79 Å². The van der Waals surface area contributed by atoms with Gasteiger partial charge in [0.05, 0.1) is 17.8 Å². The van der Waals surface area contributed by atoms with Crippen LogP contribution in [0, 0.1) is 0 Å². The monoisotopic (exact) mass is 597 g/mol. The molecule has 2 aromatic carbocycles. The number of rotatable bonds is 7. The standard InChI is InChI=1S/C27H36ClN11O3/c1-42-22-4-2-3-21(40)23(22)24(41)34-20-6-5-18(9-19(20)28)33-25-35-26(38-10-14(29)7-15(30)11-38)37-27(36-25)39-12-16(31)8-17(32)13-39/h2-6,9,14-17,40H,7-8,10-13,29-32H2,1H3,(H,34,41)(H,33,35,36,37)/t14-,15+,16-,17+. The average Bonchev–Trinajstić information content (AvgIpc) is 2.93. The minimum absolute atomic E-state index is 0.00203. The quantitative estimate of drug-likeness (QED) is 0.202. The molecule has 0 bridgehead atoms. The van der Waals surface area contributed by atoms with Gasteiger partial charge in [0.15, 0.2) is 0 Å². The molecule has 0 unspecified atom stereocenters. The normalized spacial score (nSPS) is 22.5.